The summed E-state index contributed by atoms with van der Waals surface area (Å²) < 4.78 is 44.1. The minimum Gasteiger partial charge on any atom is -0.493 e. The predicted molar refractivity (Wildman–Crippen MR) is 131 cm³/mol. The van der Waals surface area contributed by atoms with Crippen LogP contribution in [0.1, 0.15) is 25.3 Å². The molecule has 0 spiro atoms. The number of carbonyl (C=O) groups is 2. The van der Waals surface area contributed by atoms with Crippen LogP contribution in [0, 0.1) is 12.8 Å². The zero-order valence-electron chi connectivity index (χ0n) is 20.5. The van der Waals surface area contributed by atoms with E-state index in [-0.39, 0.29) is 28.4 Å². The number of ether oxygens (including phenoxy) is 3. The summed E-state index contributed by atoms with van der Waals surface area (Å²) in [6.45, 7) is 4.25. The molecule has 2 aromatic rings. The second kappa shape index (κ2) is 11.4. The lowest BCUT2D eigenvalue weighted by molar-refractivity contribution is -0.151. The Hall–Kier alpha value is -3.27. The number of sulfonamides is 1. The molecule has 1 amide bonds. The fraction of sp³-hybridized carbons (Fsp3) is 0.440. The minimum absolute atomic E-state index is 0.0757. The Labute approximate surface area is 206 Å². The topological polar surface area (TPSA) is 102 Å². The zero-order chi connectivity index (χ0) is 25.6. The van der Waals surface area contributed by atoms with Crippen molar-refractivity contribution in [2.75, 3.05) is 44.8 Å². The Balaban J connectivity index is 1.89. The van der Waals surface area contributed by atoms with Crippen molar-refractivity contribution in [1.29, 1.82) is 0 Å². The molecule has 0 radical (unpaired) electrons. The first-order valence-corrected chi connectivity index (χ1v) is 12.9. The molecule has 190 valence electrons. The molecule has 1 saturated heterocycles. The van der Waals surface area contributed by atoms with Gasteiger partial charge in [-0.1, -0.05) is 17.7 Å². The summed E-state index contributed by atoms with van der Waals surface area (Å²) in [7, 11) is -1.12. The molecule has 35 heavy (non-hydrogen) atoms. The van der Waals surface area contributed by atoms with Crippen LogP contribution in [-0.4, -0.2) is 65.7 Å². The van der Waals surface area contributed by atoms with Crippen LogP contribution in [-0.2, 0) is 24.3 Å². The van der Waals surface area contributed by atoms with E-state index in [2.05, 4.69) is 0 Å². The van der Waals surface area contributed by atoms with E-state index in [1.807, 2.05) is 6.92 Å². The van der Waals surface area contributed by atoms with Crippen LogP contribution in [0.2, 0.25) is 0 Å². The third kappa shape index (κ3) is 6.05. The average molecular weight is 505 g/mol. The SMILES string of the molecule is CCOC(=O)C1CCN(C(=O)CN(c2ccc(OC)c(OC)c2)S(=O)(=O)c2ccc(C)cc2)CC1. The lowest BCUT2D eigenvalue weighted by atomic mass is 9.97. The molecule has 10 heteroatoms. The summed E-state index contributed by atoms with van der Waals surface area (Å²) in [6, 6.07) is 11.2. The van der Waals surface area contributed by atoms with Crippen molar-refractivity contribution >= 4 is 27.6 Å². The average Bonchev–Trinajstić information content (AvgIpc) is 2.87. The van der Waals surface area contributed by atoms with Crippen molar-refractivity contribution < 1.29 is 32.2 Å². The molecule has 0 N–H and O–H groups in total. The van der Waals surface area contributed by atoms with Crippen LogP contribution >= 0.6 is 0 Å². The van der Waals surface area contributed by atoms with Gasteiger partial charge in [-0.25, -0.2) is 8.42 Å². The Morgan fingerprint density at radius 2 is 1.63 bits per heavy atom. The number of aryl methyl sites for hydroxylation is 1. The predicted octanol–water partition coefficient (Wildman–Crippen LogP) is 3.01. The number of likely N-dealkylation sites (tertiary alicyclic amines) is 1. The van der Waals surface area contributed by atoms with Gasteiger partial charge in [-0.05, 0) is 51.0 Å². The smallest absolute Gasteiger partial charge is 0.309 e. The molecule has 0 saturated carbocycles. The highest BCUT2D eigenvalue weighted by Gasteiger charge is 2.32. The van der Waals surface area contributed by atoms with Gasteiger partial charge in [0.15, 0.2) is 11.5 Å². The maximum absolute atomic E-state index is 13.7. The molecule has 1 aliphatic rings. The van der Waals surface area contributed by atoms with E-state index in [1.165, 1.54) is 32.4 Å². The molecule has 0 aliphatic carbocycles. The second-order valence-electron chi connectivity index (χ2n) is 8.27. The Kier molecular flexibility index (Phi) is 8.61. The lowest BCUT2D eigenvalue weighted by Gasteiger charge is -2.33. The van der Waals surface area contributed by atoms with Gasteiger partial charge in [-0.2, -0.15) is 0 Å². The molecular weight excluding hydrogens is 472 g/mol. The standard InChI is InChI=1S/C25H32N2O7S/c1-5-34-25(29)19-12-14-26(15-13-19)24(28)17-27(20-8-11-22(32-3)23(16-20)33-4)35(30,31)21-9-6-18(2)7-10-21/h6-11,16,19H,5,12-15,17H2,1-4H3. The number of anilines is 1. The molecular formula is C25H32N2O7S. The number of hydrogen-bond donors (Lipinski definition) is 0. The number of methoxy groups -OCH3 is 2. The molecule has 1 aliphatic heterocycles. The van der Waals surface area contributed by atoms with E-state index in [4.69, 9.17) is 14.2 Å². The van der Waals surface area contributed by atoms with E-state index in [0.717, 1.165) is 9.87 Å². The summed E-state index contributed by atoms with van der Waals surface area (Å²) in [5.74, 6) is -0.0726. The molecule has 0 bridgehead atoms. The third-order valence-corrected chi connectivity index (χ3v) is 7.80. The highest BCUT2D eigenvalue weighted by atomic mass is 32.2. The van der Waals surface area contributed by atoms with Crippen LogP contribution in [0.5, 0.6) is 11.5 Å². The molecule has 0 atom stereocenters. The maximum atomic E-state index is 13.7. The van der Waals surface area contributed by atoms with Crippen LogP contribution in [0.4, 0.5) is 5.69 Å². The van der Waals surface area contributed by atoms with E-state index >= 15 is 0 Å². The Morgan fingerprint density at radius 1 is 1.00 bits per heavy atom. The van der Waals surface area contributed by atoms with Crippen molar-refractivity contribution in [3.05, 3.63) is 48.0 Å². The normalized spacial score (nSPS) is 14.3. The Bertz CT molecular complexity index is 1140. The molecule has 1 heterocycles. The van der Waals surface area contributed by atoms with Crippen LogP contribution in [0.25, 0.3) is 0 Å². The van der Waals surface area contributed by atoms with Crippen LogP contribution < -0.4 is 13.8 Å². The first kappa shape index (κ1) is 26.3. The lowest BCUT2D eigenvalue weighted by Crippen LogP contribution is -2.46. The molecule has 0 unspecified atom stereocenters. The first-order chi connectivity index (χ1) is 16.7. The highest BCUT2D eigenvalue weighted by Crippen LogP contribution is 2.34. The largest absolute Gasteiger partial charge is 0.493 e. The van der Waals surface area contributed by atoms with Gasteiger partial charge >= 0.3 is 5.97 Å². The van der Waals surface area contributed by atoms with Crippen molar-refractivity contribution in [3.63, 3.8) is 0 Å². The fourth-order valence-electron chi connectivity index (χ4n) is 3.98. The highest BCUT2D eigenvalue weighted by molar-refractivity contribution is 7.92. The van der Waals surface area contributed by atoms with Gasteiger partial charge in [0.25, 0.3) is 10.0 Å². The number of esters is 1. The van der Waals surface area contributed by atoms with Crippen molar-refractivity contribution in [2.45, 2.75) is 31.6 Å². The van der Waals surface area contributed by atoms with Gasteiger partial charge in [-0.15, -0.1) is 0 Å². The minimum atomic E-state index is -4.07. The van der Waals surface area contributed by atoms with E-state index in [9.17, 15) is 18.0 Å². The summed E-state index contributed by atoms with van der Waals surface area (Å²) >= 11 is 0. The Morgan fingerprint density at radius 3 is 2.20 bits per heavy atom. The van der Waals surface area contributed by atoms with E-state index < -0.39 is 16.6 Å². The fourth-order valence-corrected chi connectivity index (χ4v) is 5.39. The van der Waals surface area contributed by atoms with Crippen molar-refractivity contribution in [2.24, 2.45) is 5.92 Å². The van der Waals surface area contributed by atoms with E-state index in [0.29, 0.717) is 44.0 Å². The van der Waals surface area contributed by atoms with Crippen LogP contribution in [0.15, 0.2) is 47.4 Å². The number of piperidine rings is 1. The summed E-state index contributed by atoms with van der Waals surface area (Å²) in [6.07, 6.45) is 0.956. The summed E-state index contributed by atoms with van der Waals surface area (Å²) in [5, 5.41) is 0. The second-order valence-corrected chi connectivity index (χ2v) is 10.1. The quantitative estimate of drug-likeness (QED) is 0.484. The summed E-state index contributed by atoms with van der Waals surface area (Å²) in [4.78, 5) is 26.9. The van der Waals surface area contributed by atoms with Gasteiger partial charge in [0.2, 0.25) is 5.91 Å². The van der Waals surface area contributed by atoms with E-state index in [1.54, 1.807) is 36.1 Å². The third-order valence-electron chi connectivity index (χ3n) is 6.01. The van der Waals surface area contributed by atoms with Crippen molar-refractivity contribution in [3.8, 4) is 11.5 Å². The van der Waals surface area contributed by atoms with Gasteiger partial charge < -0.3 is 19.1 Å². The zero-order valence-corrected chi connectivity index (χ0v) is 21.3. The number of rotatable bonds is 9. The van der Waals surface area contributed by atoms with Crippen molar-refractivity contribution in [1.82, 2.24) is 4.90 Å². The molecule has 2 aromatic carbocycles. The molecule has 3 rings (SSSR count). The van der Waals surface area contributed by atoms with Crippen LogP contribution in [0.3, 0.4) is 0 Å². The molecule has 9 nitrogen and oxygen atoms in total. The summed E-state index contributed by atoms with van der Waals surface area (Å²) in [5.41, 5.74) is 1.19. The number of amides is 1. The van der Waals surface area contributed by atoms with Gasteiger partial charge in [-0.3, -0.25) is 13.9 Å². The van der Waals surface area contributed by atoms with Gasteiger partial charge in [0.05, 0.1) is 37.3 Å². The first-order valence-electron chi connectivity index (χ1n) is 11.5. The maximum Gasteiger partial charge on any atom is 0.309 e. The number of nitrogens with zero attached hydrogens (tertiary/aromatic N) is 2. The monoisotopic (exact) mass is 504 g/mol. The van der Waals surface area contributed by atoms with Gasteiger partial charge in [0.1, 0.15) is 6.54 Å². The number of carbonyl (C=O) groups excluding carboxylic acids is 2. The number of benzene rings is 2. The molecule has 0 aromatic heterocycles. The number of hydrogen-bond acceptors (Lipinski definition) is 7. The van der Waals surface area contributed by atoms with Gasteiger partial charge in [0, 0.05) is 19.2 Å². The molecule has 1 fully saturated rings.